The van der Waals surface area contributed by atoms with Crippen molar-refractivity contribution in [2.24, 2.45) is 0 Å². The monoisotopic (exact) mass is 250 g/mol. The number of H-pyrrole nitrogens is 1. The molecule has 3 rings (SSSR count). The predicted octanol–water partition coefficient (Wildman–Crippen LogP) is 1.47. The zero-order chi connectivity index (χ0) is 12.4. The van der Waals surface area contributed by atoms with Gasteiger partial charge in [-0.2, -0.15) is 5.10 Å². The third-order valence-corrected chi connectivity index (χ3v) is 4.04. The quantitative estimate of drug-likeness (QED) is 0.879. The molecule has 1 aromatic rings. The highest BCUT2D eigenvalue weighted by molar-refractivity contribution is 5.01. The predicted molar refractivity (Wildman–Crippen MR) is 68.5 cm³/mol. The first-order chi connectivity index (χ1) is 8.81. The number of aromatic amines is 1. The number of nitrogens with zero attached hydrogens (tertiary/aromatic N) is 3. The molecule has 2 unspecified atom stereocenters. The number of hydrogen-bond donors (Lipinski definition) is 1. The lowest BCUT2D eigenvalue weighted by molar-refractivity contribution is 0.0947. The van der Waals surface area contributed by atoms with Crippen LogP contribution in [-0.2, 0) is 4.74 Å². The molecule has 5 nitrogen and oxygen atoms in total. The van der Waals surface area contributed by atoms with Gasteiger partial charge in [0, 0.05) is 25.6 Å². The summed E-state index contributed by atoms with van der Waals surface area (Å²) < 4.78 is 5.67. The third-order valence-electron chi connectivity index (χ3n) is 4.04. The van der Waals surface area contributed by atoms with Crippen LogP contribution >= 0.6 is 0 Å². The van der Waals surface area contributed by atoms with Crippen molar-refractivity contribution in [3.05, 3.63) is 11.6 Å². The van der Waals surface area contributed by atoms with Gasteiger partial charge in [0.15, 0.2) is 5.82 Å². The summed E-state index contributed by atoms with van der Waals surface area (Å²) in [4.78, 5) is 6.97. The Balaban J connectivity index is 1.46. The summed E-state index contributed by atoms with van der Waals surface area (Å²) in [6.45, 7) is 6.35. The largest absolute Gasteiger partial charge is 0.378 e. The van der Waals surface area contributed by atoms with Crippen LogP contribution in [-0.4, -0.2) is 52.4 Å². The van der Waals surface area contributed by atoms with Gasteiger partial charge in [-0.05, 0) is 39.2 Å². The van der Waals surface area contributed by atoms with Gasteiger partial charge in [-0.15, -0.1) is 0 Å². The lowest BCUT2D eigenvalue weighted by Gasteiger charge is -2.17. The normalized spacial score (nSPS) is 29.2. The lowest BCUT2D eigenvalue weighted by atomic mass is 10.1. The van der Waals surface area contributed by atoms with E-state index >= 15 is 0 Å². The van der Waals surface area contributed by atoms with Crippen LogP contribution in [0.3, 0.4) is 0 Å². The maximum absolute atomic E-state index is 5.67. The molecule has 0 aromatic carbocycles. The van der Waals surface area contributed by atoms with Gasteiger partial charge in [0.25, 0.3) is 0 Å². The van der Waals surface area contributed by atoms with E-state index in [9.17, 15) is 0 Å². The Morgan fingerprint density at radius 2 is 2.39 bits per heavy atom. The summed E-state index contributed by atoms with van der Waals surface area (Å²) in [5.41, 5.74) is 0. The highest BCUT2D eigenvalue weighted by Crippen LogP contribution is 2.25. The molecule has 0 bridgehead atoms. The minimum absolute atomic E-state index is 0.509. The molecule has 2 aliphatic heterocycles. The maximum atomic E-state index is 5.67. The molecule has 2 fully saturated rings. The number of nitrogens with one attached hydrogen (secondary N) is 1. The van der Waals surface area contributed by atoms with Gasteiger partial charge in [-0.25, -0.2) is 4.98 Å². The molecule has 0 radical (unpaired) electrons. The molecule has 3 heterocycles. The summed E-state index contributed by atoms with van der Waals surface area (Å²) in [5.74, 6) is 2.43. The van der Waals surface area contributed by atoms with Gasteiger partial charge in [0.05, 0.1) is 6.10 Å². The molecule has 2 atom stereocenters. The Kier molecular flexibility index (Phi) is 3.61. The molecule has 18 heavy (non-hydrogen) atoms. The van der Waals surface area contributed by atoms with Crippen LogP contribution in [0.25, 0.3) is 0 Å². The smallest absolute Gasteiger partial charge is 0.155 e. The van der Waals surface area contributed by atoms with E-state index < -0.39 is 0 Å². The number of ether oxygens (including phenoxy) is 1. The van der Waals surface area contributed by atoms with Gasteiger partial charge < -0.3 is 9.64 Å². The first-order valence-corrected chi connectivity index (χ1v) is 7.04. The second-order valence-corrected chi connectivity index (χ2v) is 5.49. The summed E-state index contributed by atoms with van der Waals surface area (Å²) in [6.07, 6.45) is 5.36. The number of hydrogen-bond acceptors (Lipinski definition) is 4. The summed E-state index contributed by atoms with van der Waals surface area (Å²) in [7, 11) is 0. The Bertz CT molecular complexity index is 386. The maximum Gasteiger partial charge on any atom is 0.155 e. The Hall–Kier alpha value is -0.940. The van der Waals surface area contributed by atoms with Gasteiger partial charge in [-0.3, -0.25) is 5.10 Å². The molecular formula is C13H22N4O. The zero-order valence-corrected chi connectivity index (χ0v) is 11.1. The molecule has 2 saturated heterocycles. The number of rotatable bonds is 4. The molecule has 5 heteroatoms. The number of aromatic nitrogens is 3. The fraction of sp³-hybridized carbons (Fsp3) is 0.846. The number of likely N-dealkylation sites (tertiary alicyclic amines) is 1. The molecule has 0 saturated carbocycles. The van der Waals surface area contributed by atoms with Crippen LogP contribution in [0.2, 0.25) is 0 Å². The summed E-state index contributed by atoms with van der Waals surface area (Å²) >= 11 is 0. The van der Waals surface area contributed by atoms with E-state index in [-0.39, 0.29) is 0 Å². The summed E-state index contributed by atoms with van der Waals surface area (Å²) in [6, 6.07) is 0. The Morgan fingerprint density at radius 3 is 3.11 bits per heavy atom. The van der Waals surface area contributed by atoms with Crippen LogP contribution in [0.5, 0.6) is 0 Å². The van der Waals surface area contributed by atoms with E-state index in [1.165, 1.54) is 32.2 Å². The van der Waals surface area contributed by atoms with E-state index in [1.807, 2.05) is 6.92 Å². The van der Waals surface area contributed by atoms with Crippen molar-refractivity contribution >= 4 is 0 Å². The first-order valence-electron chi connectivity index (χ1n) is 7.04. The summed E-state index contributed by atoms with van der Waals surface area (Å²) in [5, 5.41) is 7.22. The molecule has 1 aromatic heterocycles. The first kappa shape index (κ1) is 12.1. The molecule has 1 N–H and O–H groups in total. The Morgan fingerprint density at radius 1 is 1.44 bits per heavy atom. The van der Waals surface area contributed by atoms with Crippen LogP contribution in [0.1, 0.15) is 43.3 Å². The molecule has 2 aliphatic rings. The van der Waals surface area contributed by atoms with Crippen LogP contribution in [0, 0.1) is 6.92 Å². The van der Waals surface area contributed by atoms with Crippen LogP contribution in [0.15, 0.2) is 0 Å². The van der Waals surface area contributed by atoms with E-state index in [0.717, 1.165) is 31.3 Å². The highest BCUT2D eigenvalue weighted by atomic mass is 16.5. The topological polar surface area (TPSA) is 54.0 Å². The number of aryl methyl sites for hydroxylation is 1. The van der Waals surface area contributed by atoms with Crippen LogP contribution in [0.4, 0.5) is 0 Å². The fourth-order valence-corrected chi connectivity index (χ4v) is 2.99. The van der Waals surface area contributed by atoms with Gasteiger partial charge in [0.2, 0.25) is 0 Å². The van der Waals surface area contributed by atoms with E-state index in [2.05, 4.69) is 20.1 Å². The minimum Gasteiger partial charge on any atom is -0.378 e. The Labute approximate surface area is 108 Å². The molecule has 0 aliphatic carbocycles. The van der Waals surface area contributed by atoms with Gasteiger partial charge in [-0.1, -0.05) is 0 Å². The van der Waals surface area contributed by atoms with Crippen molar-refractivity contribution in [2.45, 2.75) is 44.6 Å². The average Bonchev–Trinajstić information content (AvgIpc) is 3.07. The molecule has 100 valence electrons. The molecular weight excluding hydrogens is 228 g/mol. The van der Waals surface area contributed by atoms with E-state index in [4.69, 9.17) is 4.74 Å². The molecule has 0 amide bonds. The SMILES string of the molecule is Cc1nc(C2CCN(CCC3CCCO3)C2)n[nH]1. The van der Waals surface area contributed by atoms with Crippen molar-refractivity contribution in [3.8, 4) is 0 Å². The lowest BCUT2D eigenvalue weighted by Crippen LogP contribution is -2.25. The second kappa shape index (κ2) is 5.36. The second-order valence-electron chi connectivity index (χ2n) is 5.49. The minimum atomic E-state index is 0.509. The standard InChI is InChI=1S/C13H22N4O/c1-10-14-13(16-15-10)11-4-6-17(9-11)7-5-12-3-2-8-18-12/h11-12H,2-9H2,1H3,(H,14,15,16). The molecule has 0 spiro atoms. The van der Waals surface area contributed by atoms with Gasteiger partial charge >= 0.3 is 0 Å². The van der Waals surface area contributed by atoms with Gasteiger partial charge in [0.1, 0.15) is 5.82 Å². The fourth-order valence-electron chi connectivity index (χ4n) is 2.99. The highest BCUT2D eigenvalue weighted by Gasteiger charge is 2.27. The zero-order valence-electron chi connectivity index (χ0n) is 11.1. The van der Waals surface area contributed by atoms with Crippen molar-refractivity contribution in [1.29, 1.82) is 0 Å². The van der Waals surface area contributed by atoms with Crippen molar-refractivity contribution in [1.82, 2.24) is 20.1 Å². The van der Waals surface area contributed by atoms with E-state index in [0.29, 0.717) is 12.0 Å². The van der Waals surface area contributed by atoms with Crippen molar-refractivity contribution < 1.29 is 4.74 Å². The van der Waals surface area contributed by atoms with Crippen LogP contribution < -0.4 is 0 Å². The average molecular weight is 250 g/mol. The van der Waals surface area contributed by atoms with Crippen molar-refractivity contribution in [2.75, 3.05) is 26.2 Å². The van der Waals surface area contributed by atoms with Crippen molar-refractivity contribution in [3.63, 3.8) is 0 Å². The van der Waals surface area contributed by atoms with E-state index in [1.54, 1.807) is 0 Å². The third kappa shape index (κ3) is 2.72.